The van der Waals surface area contributed by atoms with E-state index in [1.54, 1.807) is 17.8 Å². The lowest BCUT2D eigenvalue weighted by molar-refractivity contribution is -0.149. The molecule has 39 heavy (non-hydrogen) atoms. The van der Waals surface area contributed by atoms with Gasteiger partial charge in [0.25, 0.3) is 0 Å². The predicted octanol–water partition coefficient (Wildman–Crippen LogP) is 6.76. The molecule has 1 fully saturated rings. The minimum atomic E-state index is -0.884. The van der Waals surface area contributed by atoms with Gasteiger partial charge in [0.15, 0.2) is 5.54 Å². The molecule has 0 spiro atoms. The van der Waals surface area contributed by atoms with Gasteiger partial charge in [0, 0.05) is 6.04 Å². The molecule has 0 aromatic heterocycles. The second kappa shape index (κ2) is 13.3. The Kier molecular flexibility index (Phi) is 10.1. The zero-order chi connectivity index (χ0) is 28.0. The number of thioether (sulfide) groups is 1. The number of ether oxygens (including phenoxy) is 1. The van der Waals surface area contributed by atoms with E-state index in [2.05, 4.69) is 67.4 Å². The molecule has 1 aliphatic heterocycles. The maximum atomic E-state index is 14.1. The molecule has 7 heteroatoms. The number of aliphatic imine (C=N–C) groups is 1. The number of hydrogen-bond donors (Lipinski definition) is 0. The lowest BCUT2D eigenvalue weighted by Gasteiger charge is -2.42. The molecule has 1 saturated carbocycles. The Morgan fingerprint density at radius 2 is 1.82 bits per heavy atom. The van der Waals surface area contributed by atoms with Gasteiger partial charge in [0.2, 0.25) is 0 Å². The standard InChI is InChI=1S/C32H44FN3O2S/c1-23(25-10-7-6-8-11-25)36-22-34-32(18-19-39-5,31(37)38-4)29(36)20-24-14-16-26(17-15-24)30(35(2)3)27-12-9-13-28(33)21-27/h6-13,21-24,26,29-30H,14-20H2,1-5H3. The summed E-state index contributed by atoms with van der Waals surface area (Å²) in [4.78, 5) is 22.9. The van der Waals surface area contributed by atoms with Crippen LogP contribution in [0.2, 0.25) is 0 Å². The van der Waals surface area contributed by atoms with Crippen LogP contribution in [0.25, 0.3) is 0 Å². The predicted molar refractivity (Wildman–Crippen MR) is 160 cm³/mol. The SMILES string of the molecule is COC(=O)C1(CCSC)N=CN(C(C)c2ccccc2)C1CC1CCC(C(c2cccc(F)c2)N(C)C)CC1. The van der Waals surface area contributed by atoms with E-state index in [9.17, 15) is 9.18 Å². The number of carbonyl (C=O) groups excluding carboxylic acids is 1. The summed E-state index contributed by atoms with van der Waals surface area (Å²) in [7, 11) is 5.67. The molecule has 0 radical (unpaired) electrons. The van der Waals surface area contributed by atoms with Crippen molar-refractivity contribution < 1.29 is 13.9 Å². The molecule has 0 N–H and O–H groups in total. The smallest absolute Gasteiger partial charge is 0.336 e. The summed E-state index contributed by atoms with van der Waals surface area (Å²) in [5.74, 6) is 1.41. The molecule has 4 atom stereocenters. The number of nitrogens with zero attached hydrogens (tertiary/aromatic N) is 3. The summed E-state index contributed by atoms with van der Waals surface area (Å²) in [6.45, 7) is 2.20. The molecule has 2 aromatic rings. The normalized spacial score (nSPS) is 26.5. The van der Waals surface area contributed by atoms with Gasteiger partial charge < -0.3 is 14.5 Å². The van der Waals surface area contributed by atoms with Gasteiger partial charge in [-0.15, -0.1) is 0 Å². The van der Waals surface area contributed by atoms with Crippen molar-refractivity contribution in [2.75, 3.05) is 33.2 Å². The molecule has 1 heterocycles. The minimum Gasteiger partial charge on any atom is -0.467 e. The fourth-order valence-electron chi connectivity index (χ4n) is 6.87. The lowest BCUT2D eigenvalue weighted by atomic mass is 9.72. The van der Waals surface area contributed by atoms with Gasteiger partial charge in [0.05, 0.1) is 25.5 Å². The number of esters is 1. The number of halogens is 1. The van der Waals surface area contributed by atoms with E-state index in [0.29, 0.717) is 18.3 Å². The molecule has 212 valence electrons. The molecule has 2 aliphatic rings. The van der Waals surface area contributed by atoms with Crippen LogP contribution in [0.4, 0.5) is 4.39 Å². The van der Waals surface area contributed by atoms with E-state index in [4.69, 9.17) is 9.73 Å². The zero-order valence-electron chi connectivity index (χ0n) is 24.1. The van der Waals surface area contributed by atoms with Crippen molar-refractivity contribution in [1.82, 2.24) is 9.80 Å². The monoisotopic (exact) mass is 553 g/mol. The van der Waals surface area contributed by atoms with Gasteiger partial charge in [-0.3, -0.25) is 4.99 Å². The maximum absolute atomic E-state index is 14.1. The molecule has 5 nitrogen and oxygen atoms in total. The van der Waals surface area contributed by atoms with E-state index in [-0.39, 0.29) is 29.9 Å². The fraction of sp³-hybridized carbons (Fsp3) is 0.562. The topological polar surface area (TPSA) is 45.1 Å². The Morgan fingerprint density at radius 3 is 2.44 bits per heavy atom. The Hall–Kier alpha value is -2.38. The van der Waals surface area contributed by atoms with Crippen molar-refractivity contribution in [3.8, 4) is 0 Å². The third-order valence-electron chi connectivity index (χ3n) is 8.93. The van der Waals surface area contributed by atoms with E-state index in [0.717, 1.165) is 43.4 Å². The molecule has 2 aromatic carbocycles. The van der Waals surface area contributed by atoms with Crippen LogP contribution in [0, 0.1) is 17.7 Å². The van der Waals surface area contributed by atoms with Gasteiger partial charge in [-0.25, -0.2) is 9.18 Å². The molecule has 4 unspecified atom stereocenters. The van der Waals surface area contributed by atoms with Crippen LogP contribution in [-0.4, -0.2) is 66.9 Å². The average molecular weight is 554 g/mol. The summed E-state index contributed by atoms with van der Waals surface area (Å²) in [5.41, 5.74) is 1.38. The molecule has 0 saturated heterocycles. The summed E-state index contributed by atoms with van der Waals surface area (Å²) >= 11 is 1.74. The fourth-order valence-corrected chi connectivity index (χ4v) is 7.38. The minimum absolute atomic E-state index is 0.0540. The molecule has 0 amide bonds. The Balaban J connectivity index is 1.54. The highest BCUT2D eigenvalue weighted by Gasteiger charge is 2.53. The summed E-state index contributed by atoms with van der Waals surface area (Å²) in [5, 5.41) is 0. The molecule has 4 rings (SSSR count). The van der Waals surface area contributed by atoms with Gasteiger partial charge in [-0.05, 0) is 93.8 Å². The number of benzene rings is 2. The van der Waals surface area contributed by atoms with Crippen molar-refractivity contribution >= 4 is 24.1 Å². The first-order valence-electron chi connectivity index (χ1n) is 14.2. The summed E-state index contributed by atoms with van der Waals surface area (Å²) in [6, 6.07) is 17.8. The number of methoxy groups -OCH3 is 1. The molecule has 1 aliphatic carbocycles. The first-order valence-corrected chi connectivity index (χ1v) is 15.6. The Bertz CT molecular complexity index is 1110. The number of rotatable bonds is 11. The highest BCUT2D eigenvalue weighted by molar-refractivity contribution is 7.98. The second-order valence-electron chi connectivity index (χ2n) is 11.4. The maximum Gasteiger partial charge on any atom is 0.336 e. The first-order chi connectivity index (χ1) is 18.8. The molecular weight excluding hydrogens is 509 g/mol. The first kappa shape index (κ1) is 29.6. The zero-order valence-corrected chi connectivity index (χ0v) is 24.9. The van der Waals surface area contributed by atoms with Crippen molar-refractivity contribution in [3.63, 3.8) is 0 Å². The Labute approximate surface area is 238 Å². The van der Waals surface area contributed by atoms with Crippen LogP contribution in [-0.2, 0) is 9.53 Å². The van der Waals surface area contributed by atoms with Crippen LogP contribution < -0.4 is 0 Å². The van der Waals surface area contributed by atoms with Crippen LogP contribution in [0.3, 0.4) is 0 Å². The van der Waals surface area contributed by atoms with Crippen molar-refractivity contribution in [2.45, 2.75) is 69.1 Å². The van der Waals surface area contributed by atoms with Crippen molar-refractivity contribution in [1.29, 1.82) is 0 Å². The Morgan fingerprint density at radius 1 is 1.13 bits per heavy atom. The van der Waals surface area contributed by atoms with Crippen molar-refractivity contribution in [2.24, 2.45) is 16.8 Å². The van der Waals surface area contributed by atoms with Gasteiger partial charge in [-0.1, -0.05) is 55.3 Å². The highest BCUT2D eigenvalue weighted by atomic mass is 32.2. The van der Waals surface area contributed by atoms with Crippen LogP contribution in [0.15, 0.2) is 59.6 Å². The highest BCUT2D eigenvalue weighted by Crippen LogP contribution is 2.45. The summed E-state index contributed by atoms with van der Waals surface area (Å²) < 4.78 is 19.4. The number of carbonyl (C=O) groups is 1. The van der Waals surface area contributed by atoms with Gasteiger partial charge in [-0.2, -0.15) is 11.8 Å². The molecule has 0 bridgehead atoms. The van der Waals surface area contributed by atoms with Crippen LogP contribution in [0.1, 0.15) is 68.7 Å². The summed E-state index contributed by atoms with van der Waals surface area (Å²) in [6.07, 6.45) is 9.91. The average Bonchev–Trinajstić information content (AvgIpc) is 3.31. The van der Waals surface area contributed by atoms with E-state index in [1.807, 2.05) is 18.5 Å². The van der Waals surface area contributed by atoms with E-state index < -0.39 is 5.54 Å². The molecular formula is C32H44FN3O2S. The van der Waals surface area contributed by atoms with Gasteiger partial charge in [0.1, 0.15) is 5.82 Å². The largest absolute Gasteiger partial charge is 0.467 e. The third-order valence-corrected chi connectivity index (χ3v) is 9.54. The van der Waals surface area contributed by atoms with Crippen LogP contribution >= 0.6 is 11.8 Å². The third kappa shape index (κ3) is 6.51. The van der Waals surface area contributed by atoms with Gasteiger partial charge >= 0.3 is 5.97 Å². The number of hydrogen-bond acceptors (Lipinski definition) is 6. The van der Waals surface area contributed by atoms with E-state index in [1.165, 1.54) is 18.7 Å². The quantitative estimate of drug-likeness (QED) is 0.288. The lowest BCUT2D eigenvalue weighted by Crippen LogP contribution is -2.53. The van der Waals surface area contributed by atoms with Crippen LogP contribution in [0.5, 0.6) is 0 Å². The van der Waals surface area contributed by atoms with E-state index >= 15 is 0 Å². The second-order valence-corrected chi connectivity index (χ2v) is 12.4. The van der Waals surface area contributed by atoms with Crippen molar-refractivity contribution in [3.05, 3.63) is 71.5 Å².